The standard InChI is InChI=1S/C10H12N2OS/c1-3-4-5-6-9(13)12-10-11-8(2)7-14-10/h3-7H,1-2H3,(H,11,12,13). The smallest absolute Gasteiger partial charge is 0.250 e. The van der Waals surface area contributed by atoms with Gasteiger partial charge in [-0.2, -0.15) is 0 Å². The molecule has 0 aliphatic rings. The minimum absolute atomic E-state index is 0.155. The van der Waals surface area contributed by atoms with Gasteiger partial charge in [-0.1, -0.05) is 18.2 Å². The van der Waals surface area contributed by atoms with Crippen LogP contribution in [0.4, 0.5) is 5.13 Å². The van der Waals surface area contributed by atoms with E-state index < -0.39 is 0 Å². The van der Waals surface area contributed by atoms with Crippen molar-refractivity contribution in [2.75, 3.05) is 5.32 Å². The molecule has 0 saturated heterocycles. The summed E-state index contributed by atoms with van der Waals surface area (Å²) in [5, 5.41) is 5.20. The summed E-state index contributed by atoms with van der Waals surface area (Å²) >= 11 is 1.42. The average molecular weight is 208 g/mol. The Kier molecular flexibility index (Phi) is 4.07. The normalized spacial score (nSPS) is 11.3. The maximum absolute atomic E-state index is 11.2. The van der Waals surface area contributed by atoms with Crippen molar-refractivity contribution in [3.8, 4) is 0 Å². The Morgan fingerprint density at radius 1 is 1.57 bits per heavy atom. The molecule has 0 spiro atoms. The maximum Gasteiger partial charge on any atom is 0.250 e. The molecular formula is C10H12N2OS. The number of hydrogen-bond donors (Lipinski definition) is 1. The van der Waals surface area contributed by atoms with Gasteiger partial charge in [0.25, 0.3) is 0 Å². The number of aryl methyl sites for hydroxylation is 1. The van der Waals surface area contributed by atoms with Gasteiger partial charge in [-0.05, 0) is 13.8 Å². The van der Waals surface area contributed by atoms with E-state index in [9.17, 15) is 4.79 Å². The van der Waals surface area contributed by atoms with Crippen LogP contribution in [0, 0.1) is 6.92 Å². The minimum atomic E-state index is -0.155. The molecule has 0 aliphatic carbocycles. The summed E-state index contributed by atoms with van der Waals surface area (Å²) < 4.78 is 0. The first kappa shape index (κ1) is 10.7. The number of nitrogens with one attached hydrogen (secondary N) is 1. The number of aromatic nitrogens is 1. The van der Waals surface area contributed by atoms with Crippen LogP contribution in [-0.2, 0) is 4.79 Å². The van der Waals surface area contributed by atoms with Gasteiger partial charge in [0.2, 0.25) is 5.91 Å². The third-order valence-corrected chi connectivity index (χ3v) is 2.28. The Labute approximate surface area is 87.2 Å². The lowest BCUT2D eigenvalue weighted by Gasteiger charge is -1.93. The van der Waals surface area contributed by atoms with Crippen molar-refractivity contribution in [3.63, 3.8) is 0 Å². The van der Waals surface area contributed by atoms with Crippen LogP contribution < -0.4 is 5.32 Å². The molecule has 4 heteroatoms. The molecule has 1 amide bonds. The van der Waals surface area contributed by atoms with Crippen LogP contribution in [0.3, 0.4) is 0 Å². The lowest BCUT2D eigenvalue weighted by molar-refractivity contribution is -0.111. The van der Waals surface area contributed by atoms with Crippen LogP contribution in [0.2, 0.25) is 0 Å². The first-order chi connectivity index (χ1) is 6.72. The highest BCUT2D eigenvalue weighted by Crippen LogP contribution is 2.13. The van der Waals surface area contributed by atoms with Gasteiger partial charge in [0.05, 0.1) is 5.69 Å². The van der Waals surface area contributed by atoms with Gasteiger partial charge in [0.1, 0.15) is 0 Å². The fourth-order valence-corrected chi connectivity index (χ4v) is 1.50. The largest absolute Gasteiger partial charge is 0.298 e. The maximum atomic E-state index is 11.2. The lowest BCUT2D eigenvalue weighted by Crippen LogP contribution is -2.07. The third kappa shape index (κ3) is 3.53. The second kappa shape index (κ2) is 5.34. The van der Waals surface area contributed by atoms with Gasteiger partial charge in [-0.3, -0.25) is 10.1 Å². The quantitative estimate of drug-likeness (QED) is 0.612. The summed E-state index contributed by atoms with van der Waals surface area (Å²) in [5.74, 6) is -0.155. The Morgan fingerprint density at radius 2 is 2.36 bits per heavy atom. The number of nitrogens with zero attached hydrogens (tertiary/aromatic N) is 1. The number of hydrogen-bond acceptors (Lipinski definition) is 3. The van der Waals surface area contributed by atoms with Crippen LogP contribution >= 0.6 is 11.3 Å². The second-order valence-electron chi connectivity index (χ2n) is 2.67. The van der Waals surface area contributed by atoms with Gasteiger partial charge in [-0.25, -0.2) is 4.98 Å². The molecule has 1 N–H and O–H groups in total. The highest BCUT2D eigenvalue weighted by Gasteiger charge is 2.00. The SMILES string of the molecule is CC=CC=CC(=O)Nc1nc(C)cs1. The summed E-state index contributed by atoms with van der Waals surface area (Å²) in [7, 11) is 0. The summed E-state index contributed by atoms with van der Waals surface area (Å²) in [6.45, 7) is 3.79. The van der Waals surface area contributed by atoms with Gasteiger partial charge < -0.3 is 0 Å². The number of amides is 1. The molecule has 14 heavy (non-hydrogen) atoms. The highest BCUT2D eigenvalue weighted by atomic mass is 32.1. The summed E-state index contributed by atoms with van der Waals surface area (Å²) in [6.07, 6.45) is 6.82. The van der Waals surface area contributed by atoms with Crippen molar-refractivity contribution in [2.45, 2.75) is 13.8 Å². The molecule has 1 rings (SSSR count). The summed E-state index contributed by atoms with van der Waals surface area (Å²) in [5.41, 5.74) is 0.919. The van der Waals surface area contributed by atoms with E-state index in [1.54, 1.807) is 12.2 Å². The van der Waals surface area contributed by atoms with Gasteiger partial charge in [0.15, 0.2) is 5.13 Å². The molecular weight excluding hydrogens is 196 g/mol. The van der Waals surface area contributed by atoms with E-state index >= 15 is 0 Å². The molecule has 1 aromatic heterocycles. The predicted molar refractivity (Wildman–Crippen MR) is 59.4 cm³/mol. The molecule has 0 aromatic carbocycles. The van der Waals surface area contributed by atoms with E-state index in [1.807, 2.05) is 25.3 Å². The number of anilines is 1. The molecule has 0 bridgehead atoms. The zero-order valence-electron chi connectivity index (χ0n) is 8.15. The number of carbonyl (C=O) groups is 1. The van der Waals surface area contributed by atoms with Gasteiger partial charge >= 0.3 is 0 Å². The van der Waals surface area contributed by atoms with Crippen molar-refractivity contribution < 1.29 is 4.79 Å². The fraction of sp³-hybridized carbons (Fsp3) is 0.200. The first-order valence-electron chi connectivity index (χ1n) is 4.25. The van der Waals surface area contributed by atoms with Crippen molar-refractivity contribution in [2.24, 2.45) is 0 Å². The molecule has 0 fully saturated rings. The van der Waals surface area contributed by atoms with Crippen LogP contribution in [0.25, 0.3) is 0 Å². The topological polar surface area (TPSA) is 42.0 Å². The molecule has 1 heterocycles. The van der Waals surface area contributed by atoms with Crippen molar-refractivity contribution in [1.29, 1.82) is 0 Å². The number of allylic oxidation sites excluding steroid dienone is 3. The molecule has 74 valence electrons. The monoisotopic (exact) mass is 208 g/mol. The average Bonchev–Trinajstić information content (AvgIpc) is 2.52. The Bertz CT molecular complexity index is 366. The van der Waals surface area contributed by atoms with Crippen molar-refractivity contribution >= 4 is 22.4 Å². The fourth-order valence-electron chi connectivity index (χ4n) is 0.813. The zero-order chi connectivity index (χ0) is 10.4. The molecule has 3 nitrogen and oxygen atoms in total. The molecule has 1 aromatic rings. The third-order valence-electron chi connectivity index (χ3n) is 1.40. The van der Waals surface area contributed by atoms with E-state index in [1.165, 1.54) is 17.4 Å². The van der Waals surface area contributed by atoms with Crippen LogP contribution in [0.15, 0.2) is 29.7 Å². The van der Waals surface area contributed by atoms with E-state index in [4.69, 9.17) is 0 Å². The van der Waals surface area contributed by atoms with Crippen LogP contribution in [0.5, 0.6) is 0 Å². The molecule has 0 atom stereocenters. The number of rotatable bonds is 3. The minimum Gasteiger partial charge on any atom is -0.298 e. The van der Waals surface area contributed by atoms with E-state index in [0.717, 1.165) is 5.69 Å². The molecule has 0 saturated carbocycles. The Morgan fingerprint density at radius 3 is 2.93 bits per heavy atom. The predicted octanol–water partition coefficient (Wildman–Crippen LogP) is 2.52. The lowest BCUT2D eigenvalue weighted by atomic mass is 10.4. The highest BCUT2D eigenvalue weighted by molar-refractivity contribution is 7.13. The molecule has 0 aliphatic heterocycles. The van der Waals surface area contributed by atoms with Crippen molar-refractivity contribution in [1.82, 2.24) is 4.98 Å². The van der Waals surface area contributed by atoms with E-state index in [-0.39, 0.29) is 5.91 Å². The number of carbonyl (C=O) groups excluding carboxylic acids is 1. The zero-order valence-corrected chi connectivity index (χ0v) is 8.97. The van der Waals surface area contributed by atoms with Crippen LogP contribution in [-0.4, -0.2) is 10.9 Å². The summed E-state index contributed by atoms with van der Waals surface area (Å²) in [6, 6.07) is 0. The Balaban J connectivity index is 2.49. The van der Waals surface area contributed by atoms with E-state index in [0.29, 0.717) is 5.13 Å². The molecule has 0 radical (unpaired) electrons. The van der Waals surface area contributed by atoms with E-state index in [2.05, 4.69) is 10.3 Å². The summed E-state index contributed by atoms with van der Waals surface area (Å²) in [4.78, 5) is 15.3. The van der Waals surface area contributed by atoms with Crippen LogP contribution in [0.1, 0.15) is 12.6 Å². The van der Waals surface area contributed by atoms with Gasteiger partial charge in [-0.15, -0.1) is 11.3 Å². The van der Waals surface area contributed by atoms with Gasteiger partial charge in [0, 0.05) is 11.5 Å². The van der Waals surface area contributed by atoms with Crippen molar-refractivity contribution in [3.05, 3.63) is 35.4 Å². The second-order valence-corrected chi connectivity index (χ2v) is 3.53. The Hall–Kier alpha value is -1.42. The number of thiazole rings is 1. The molecule has 0 unspecified atom stereocenters. The first-order valence-corrected chi connectivity index (χ1v) is 5.13.